The zero-order chi connectivity index (χ0) is 47.9. The molecule has 6 nitrogen and oxygen atoms in total. The van der Waals surface area contributed by atoms with Crippen LogP contribution in [-0.2, 0) is 14.3 Å². The molecule has 0 heterocycles. The normalized spacial score (nSPS) is 12.8. The summed E-state index contributed by atoms with van der Waals surface area (Å²) in [6, 6.07) is -0.549. The van der Waals surface area contributed by atoms with Gasteiger partial charge in [-0.3, -0.25) is 9.59 Å². The Morgan fingerprint density at radius 1 is 0.424 bits per heavy atom. The summed E-state index contributed by atoms with van der Waals surface area (Å²) < 4.78 is 5.46. The number of amides is 1. The summed E-state index contributed by atoms with van der Waals surface area (Å²) in [6.45, 7) is 4.90. The highest BCUT2D eigenvalue weighted by molar-refractivity contribution is 5.76. The summed E-state index contributed by atoms with van der Waals surface area (Å²) in [5.74, 6) is -0.0546. The van der Waals surface area contributed by atoms with Gasteiger partial charge in [0.25, 0.3) is 0 Å². The zero-order valence-electron chi connectivity index (χ0n) is 44.2. The van der Waals surface area contributed by atoms with Crippen molar-refractivity contribution in [2.45, 2.75) is 321 Å². The molecule has 388 valence electrons. The first kappa shape index (κ1) is 64.1. The summed E-state index contributed by atoms with van der Waals surface area (Å²) in [5, 5.41) is 23.3. The first-order chi connectivity index (χ1) is 32.5. The van der Waals surface area contributed by atoms with Gasteiger partial charge in [0, 0.05) is 12.8 Å². The van der Waals surface area contributed by atoms with Gasteiger partial charge in [-0.15, -0.1) is 0 Å². The van der Waals surface area contributed by atoms with Crippen molar-refractivity contribution in [2.24, 2.45) is 0 Å². The van der Waals surface area contributed by atoms with E-state index in [1.54, 1.807) is 0 Å². The molecule has 6 heteroatoms. The van der Waals surface area contributed by atoms with Crippen LogP contribution in [0.4, 0.5) is 0 Å². The van der Waals surface area contributed by atoms with Crippen molar-refractivity contribution in [3.05, 3.63) is 36.5 Å². The van der Waals surface area contributed by atoms with Gasteiger partial charge in [-0.25, -0.2) is 0 Å². The molecule has 0 aromatic heterocycles. The molecule has 0 saturated carbocycles. The van der Waals surface area contributed by atoms with Crippen molar-refractivity contribution in [3.8, 4) is 0 Å². The summed E-state index contributed by atoms with van der Waals surface area (Å²) in [5.41, 5.74) is 0. The smallest absolute Gasteiger partial charge is 0.305 e. The average Bonchev–Trinajstić information content (AvgIpc) is 3.32. The molecule has 0 spiro atoms. The molecule has 0 aliphatic heterocycles. The highest BCUT2D eigenvalue weighted by atomic mass is 16.5. The van der Waals surface area contributed by atoms with Crippen molar-refractivity contribution in [3.63, 3.8) is 0 Å². The maximum absolute atomic E-state index is 12.5. The fraction of sp³-hybridized carbons (Fsp3) is 0.867. The third kappa shape index (κ3) is 51.5. The summed E-state index contributed by atoms with van der Waals surface area (Å²) in [6.07, 6.45) is 68.5. The Morgan fingerprint density at radius 3 is 1.21 bits per heavy atom. The lowest BCUT2D eigenvalue weighted by Crippen LogP contribution is -2.45. The molecule has 3 N–H and O–H groups in total. The van der Waals surface area contributed by atoms with Crippen molar-refractivity contribution in [1.82, 2.24) is 5.32 Å². The maximum atomic E-state index is 12.5. The quantitative estimate of drug-likeness (QED) is 0.0321. The molecule has 1 amide bonds. The molecular formula is C60H113NO5. The zero-order valence-corrected chi connectivity index (χ0v) is 44.2. The number of carbonyl (C=O) groups excluding carboxylic acids is 2. The number of carbonyl (C=O) groups is 2. The third-order valence-electron chi connectivity index (χ3n) is 13.4. The van der Waals surface area contributed by atoms with Crippen LogP contribution in [0.3, 0.4) is 0 Å². The van der Waals surface area contributed by atoms with Crippen molar-refractivity contribution in [1.29, 1.82) is 0 Å². The number of hydrogen-bond acceptors (Lipinski definition) is 5. The number of esters is 1. The molecule has 0 aliphatic carbocycles. The van der Waals surface area contributed by atoms with E-state index in [1.807, 2.05) is 0 Å². The Hall–Kier alpha value is -1.92. The van der Waals surface area contributed by atoms with E-state index in [0.717, 1.165) is 57.8 Å². The minimum Gasteiger partial charge on any atom is -0.466 e. The summed E-state index contributed by atoms with van der Waals surface area (Å²) in [4.78, 5) is 24.5. The highest BCUT2D eigenvalue weighted by Gasteiger charge is 2.20. The van der Waals surface area contributed by atoms with Crippen molar-refractivity contribution in [2.75, 3.05) is 13.2 Å². The van der Waals surface area contributed by atoms with Crippen LogP contribution in [0.2, 0.25) is 0 Å². The van der Waals surface area contributed by atoms with Crippen LogP contribution in [0.1, 0.15) is 309 Å². The Bertz CT molecular complexity index is 1070. The molecule has 2 atom stereocenters. The second-order valence-electron chi connectivity index (χ2n) is 20.0. The lowest BCUT2D eigenvalue weighted by molar-refractivity contribution is -0.143. The van der Waals surface area contributed by atoms with Crippen LogP contribution in [0.5, 0.6) is 0 Å². The molecule has 0 rings (SSSR count). The average molecular weight is 929 g/mol. The van der Waals surface area contributed by atoms with Crippen LogP contribution in [-0.4, -0.2) is 47.4 Å². The van der Waals surface area contributed by atoms with Gasteiger partial charge in [0.2, 0.25) is 5.91 Å². The Morgan fingerprint density at radius 2 is 0.773 bits per heavy atom. The number of aliphatic hydroxyl groups is 2. The molecule has 0 fully saturated rings. The number of allylic oxidation sites excluding steroid dienone is 6. The number of rotatable bonds is 54. The van der Waals surface area contributed by atoms with E-state index in [9.17, 15) is 19.8 Å². The number of aliphatic hydroxyl groups excluding tert-OH is 2. The maximum Gasteiger partial charge on any atom is 0.305 e. The molecule has 0 saturated heterocycles. The predicted molar refractivity (Wildman–Crippen MR) is 287 cm³/mol. The monoisotopic (exact) mass is 928 g/mol. The number of nitrogens with one attached hydrogen (secondary N) is 1. The molecule has 0 aromatic rings. The van der Waals surface area contributed by atoms with E-state index in [2.05, 4.69) is 55.6 Å². The Balaban J connectivity index is 3.45. The second kappa shape index (κ2) is 55.7. The van der Waals surface area contributed by atoms with Gasteiger partial charge in [0.05, 0.1) is 25.4 Å². The van der Waals surface area contributed by atoms with Crippen molar-refractivity contribution >= 4 is 11.9 Å². The van der Waals surface area contributed by atoms with E-state index in [1.165, 1.54) is 218 Å². The van der Waals surface area contributed by atoms with E-state index in [-0.39, 0.29) is 18.5 Å². The first-order valence-corrected chi connectivity index (χ1v) is 29.2. The predicted octanol–water partition coefficient (Wildman–Crippen LogP) is 18.0. The summed E-state index contributed by atoms with van der Waals surface area (Å²) >= 11 is 0. The van der Waals surface area contributed by atoms with Gasteiger partial charge >= 0.3 is 5.97 Å². The van der Waals surface area contributed by atoms with E-state index < -0.39 is 12.1 Å². The minimum absolute atomic E-state index is 0.0107. The summed E-state index contributed by atoms with van der Waals surface area (Å²) in [7, 11) is 0. The molecular weight excluding hydrogens is 815 g/mol. The fourth-order valence-electron chi connectivity index (χ4n) is 8.89. The lowest BCUT2D eigenvalue weighted by atomic mass is 10.0. The Labute approximate surface area is 411 Å². The van der Waals surface area contributed by atoms with E-state index >= 15 is 0 Å². The first-order valence-electron chi connectivity index (χ1n) is 29.2. The van der Waals surface area contributed by atoms with Crippen LogP contribution < -0.4 is 5.32 Å². The largest absolute Gasteiger partial charge is 0.466 e. The van der Waals surface area contributed by atoms with E-state index in [0.29, 0.717) is 25.9 Å². The van der Waals surface area contributed by atoms with Gasteiger partial charge in [0.15, 0.2) is 0 Å². The number of ether oxygens (including phenoxy) is 1. The minimum atomic E-state index is -0.671. The van der Waals surface area contributed by atoms with Gasteiger partial charge in [0.1, 0.15) is 0 Å². The molecule has 66 heavy (non-hydrogen) atoms. The molecule has 2 unspecified atom stereocenters. The Kier molecular flexibility index (Phi) is 54.1. The lowest BCUT2D eigenvalue weighted by Gasteiger charge is -2.22. The standard InChI is InChI=1S/C60H113NO5/c1-3-5-7-9-11-13-15-17-19-25-28-32-36-40-44-48-52-58(63)57(56-62)61-59(64)53-49-45-41-37-33-29-26-23-21-20-22-24-27-31-35-39-43-47-51-55-66-60(65)54-50-46-42-38-34-30-18-16-14-12-10-8-6-4-2/h10,12,16,18,20-21,57-58,62-63H,3-9,11,13-15,17,19,22-56H2,1-2H3,(H,61,64)/b12-10-,18-16-,21-20-. The SMILES string of the molecule is CCCC/C=C\C/C=C\CCCCCCCC(=O)OCCCCCCCCCC/C=C\CCCCCCCCCC(=O)NC(CO)C(O)CCCCCCCCCCCCCCCCCC. The topological polar surface area (TPSA) is 95.9 Å². The highest BCUT2D eigenvalue weighted by Crippen LogP contribution is 2.17. The van der Waals surface area contributed by atoms with Gasteiger partial charge in [-0.05, 0) is 77.0 Å². The molecule has 0 aromatic carbocycles. The van der Waals surface area contributed by atoms with Gasteiger partial charge < -0.3 is 20.3 Å². The number of unbranched alkanes of at least 4 members (excludes halogenated alkanes) is 37. The van der Waals surface area contributed by atoms with Gasteiger partial charge in [-0.2, -0.15) is 0 Å². The molecule has 0 aliphatic rings. The van der Waals surface area contributed by atoms with Crippen LogP contribution in [0.25, 0.3) is 0 Å². The van der Waals surface area contributed by atoms with Crippen LogP contribution in [0.15, 0.2) is 36.5 Å². The number of hydrogen-bond donors (Lipinski definition) is 3. The second-order valence-corrected chi connectivity index (χ2v) is 20.0. The third-order valence-corrected chi connectivity index (χ3v) is 13.4. The molecule has 0 radical (unpaired) electrons. The fourth-order valence-corrected chi connectivity index (χ4v) is 8.89. The van der Waals surface area contributed by atoms with Crippen LogP contribution in [0, 0.1) is 0 Å². The molecule has 0 bridgehead atoms. The van der Waals surface area contributed by atoms with Gasteiger partial charge in [-0.1, -0.05) is 256 Å². The van der Waals surface area contributed by atoms with E-state index in [4.69, 9.17) is 4.74 Å². The van der Waals surface area contributed by atoms with Crippen LogP contribution >= 0.6 is 0 Å². The van der Waals surface area contributed by atoms with Crippen molar-refractivity contribution < 1.29 is 24.5 Å².